The Morgan fingerprint density at radius 1 is 1.37 bits per heavy atom. The van der Waals surface area contributed by atoms with Gasteiger partial charge in [-0.3, -0.25) is 4.90 Å². The second kappa shape index (κ2) is 9.66. The van der Waals surface area contributed by atoms with E-state index in [4.69, 9.17) is 4.74 Å². The molecule has 0 radical (unpaired) electrons. The van der Waals surface area contributed by atoms with Gasteiger partial charge in [-0.2, -0.15) is 0 Å². The number of likely N-dealkylation sites (N-methyl/N-ethyl adjacent to an activating group) is 2. The highest BCUT2D eigenvalue weighted by molar-refractivity contribution is 4.74. The number of morpholine rings is 1. The Hall–Kier alpha value is -0.200. The van der Waals surface area contributed by atoms with E-state index in [1.165, 1.54) is 0 Å². The molecule has 0 aromatic rings. The van der Waals surface area contributed by atoms with Gasteiger partial charge in [-0.15, -0.1) is 0 Å². The molecule has 1 saturated heterocycles. The van der Waals surface area contributed by atoms with E-state index in [1.54, 1.807) is 0 Å². The summed E-state index contributed by atoms with van der Waals surface area (Å²) in [7, 11) is 0. The summed E-state index contributed by atoms with van der Waals surface area (Å²) in [5.41, 5.74) is 0. The van der Waals surface area contributed by atoms with Gasteiger partial charge in [-0.05, 0) is 19.6 Å². The summed E-state index contributed by atoms with van der Waals surface area (Å²) in [4.78, 5) is 4.64. The van der Waals surface area contributed by atoms with Crippen molar-refractivity contribution in [1.29, 1.82) is 0 Å². The Labute approximate surface area is 117 Å². The van der Waals surface area contributed by atoms with Crippen LogP contribution in [0.15, 0.2) is 0 Å². The van der Waals surface area contributed by atoms with Crippen molar-refractivity contribution in [1.82, 2.24) is 15.1 Å². The smallest absolute Gasteiger partial charge is 0.0826 e. The molecule has 114 valence electrons. The monoisotopic (exact) mass is 273 g/mol. The van der Waals surface area contributed by atoms with Crippen molar-refractivity contribution in [2.24, 2.45) is 0 Å². The van der Waals surface area contributed by atoms with Gasteiger partial charge in [-0.1, -0.05) is 20.8 Å². The van der Waals surface area contributed by atoms with Gasteiger partial charge >= 0.3 is 0 Å². The standard InChI is InChI=1S/C14H31N3O2/c1-4-16(5-2)11-13(18)9-15-10-14-12-17(6-3)7-8-19-14/h13-15,18H,4-12H2,1-3H3. The zero-order chi connectivity index (χ0) is 14.1. The maximum Gasteiger partial charge on any atom is 0.0826 e. The Morgan fingerprint density at radius 3 is 2.74 bits per heavy atom. The first-order valence-corrected chi connectivity index (χ1v) is 7.64. The minimum Gasteiger partial charge on any atom is -0.390 e. The Kier molecular flexibility index (Phi) is 8.57. The van der Waals surface area contributed by atoms with Gasteiger partial charge in [0.25, 0.3) is 0 Å². The van der Waals surface area contributed by atoms with Crippen LogP contribution in [0.2, 0.25) is 0 Å². The van der Waals surface area contributed by atoms with Crippen LogP contribution in [0.4, 0.5) is 0 Å². The first-order valence-electron chi connectivity index (χ1n) is 7.64. The van der Waals surface area contributed by atoms with Crippen LogP contribution in [0.3, 0.4) is 0 Å². The van der Waals surface area contributed by atoms with E-state index >= 15 is 0 Å². The fourth-order valence-electron chi connectivity index (χ4n) is 2.45. The van der Waals surface area contributed by atoms with E-state index in [-0.39, 0.29) is 12.2 Å². The number of hydrogen-bond acceptors (Lipinski definition) is 5. The summed E-state index contributed by atoms with van der Waals surface area (Å²) in [6.45, 7) is 14.6. The number of aliphatic hydroxyl groups excluding tert-OH is 1. The first kappa shape index (κ1) is 16.9. The zero-order valence-electron chi connectivity index (χ0n) is 12.8. The topological polar surface area (TPSA) is 48.0 Å². The van der Waals surface area contributed by atoms with Gasteiger partial charge in [-0.25, -0.2) is 0 Å². The number of aliphatic hydroxyl groups is 1. The Balaban J connectivity index is 2.12. The van der Waals surface area contributed by atoms with Crippen LogP contribution in [-0.2, 0) is 4.74 Å². The van der Waals surface area contributed by atoms with Gasteiger partial charge in [0.1, 0.15) is 0 Å². The lowest BCUT2D eigenvalue weighted by atomic mass is 10.2. The maximum absolute atomic E-state index is 9.95. The number of hydrogen-bond donors (Lipinski definition) is 2. The molecular formula is C14H31N3O2. The van der Waals surface area contributed by atoms with Crippen LogP contribution in [0.25, 0.3) is 0 Å². The average Bonchev–Trinajstić information content (AvgIpc) is 2.45. The van der Waals surface area contributed by atoms with Gasteiger partial charge in [0.15, 0.2) is 0 Å². The van der Waals surface area contributed by atoms with Crippen LogP contribution in [0.1, 0.15) is 20.8 Å². The Morgan fingerprint density at radius 2 is 2.11 bits per heavy atom. The minimum atomic E-state index is -0.300. The van der Waals surface area contributed by atoms with Crippen LogP contribution in [0.5, 0.6) is 0 Å². The van der Waals surface area contributed by atoms with E-state index < -0.39 is 0 Å². The van der Waals surface area contributed by atoms with E-state index in [1.807, 2.05) is 0 Å². The highest BCUT2D eigenvalue weighted by atomic mass is 16.5. The minimum absolute atomic E-state index is 0.259. The molecule has 2 unspecified atom stereocenters. The normalized spacial score (nSPS) is 22.9. The van der Waals surface area contributed by atoms with Crippen molar-refractivity contribution < 1.29 is 9.84 Å². The second-order valence-electron chi connectivity index (χ2n) is 5.18. The third-order valence-corrected chi connectivity index (χ3v) is 3.79. The third-order valence-electron chi connectivity index (χ3n) is 3.79. The largest absolute Gasteiger partial charge is 0.390 e. The zero-order valence-corrected chi connectivity index (χ0v) is 12.8. The van der Waals surface area contributed by atoms with Crippen molar-refractivity contribution in [2.45, 2.75) is 33.0 Å². The molecule has 0 aromatic heterocycles. The van der Waals surface area contributed by atoms with Gasteiger partial charge in [0.2, 0.25) is 0 Å². The molecule has 5 nitrogen and oxygen atoms in total. The number of rotatable bonds is 9. The molecule has 1 fully saturated rings. The summed E-state index contributed by atoms with van der Waals surface area (Å²) < 4.78 is 5.72. The van der Waals surface area contributed by atoms with Crippen molar-refractivity contribution in [2.75, 3.05) is 59.0 Å². The molecule has 0 amide bonds. The molecule has 5 heteroatoms. The number of nitrogens with one attached hydrogen (secondary N) is 1. The highest BCUT2D eigenvalue weighted by Crippen LogP contribution is 2.03. The molecule has 0 aromatic carbocycles. The average molecular weight is 273 g/mol. The lowest BCUT2D eigenvalue weighted by Crippen LogP contribution is -2.48. The first-order chi connectivity index (χ1) is 9.19. The lowest BCUT2D eigenvalue weighted by Gasteiger charge is -2.32. The second-order valence-corrected chi connectivity index (χ2v) is 5.18. The molecule has 2 N–H and O–H groups in total. The van der Waals surface area contributed by atoms with Crippen molar-refractivity contribution in [3.05, 3.63) is 0 Å². The van der Waals surface area contributed by atoms with Crippen LogP contribution >= 0.6 is 0 Å². The molecule has 2 atom stereocenters. The molecule has 1 rings (SSSR count). The molecule has 19 heavy (non-hydrogen) atoms. The third kappa shape index (κ3) is 6.68. The molecule has 0 aliphatic carbocycles. The molecule has 0 spiro atoms. The van der Waals surface area contributed by atoms with Gasteiger partial charge < -0.3 is 20.1 Å². The van der Waals surface area contributed by atoms with Gasteiger partial charge in [0, 0.05) is 32.7 Å². The van der Waals surface area contributed by atoms with E-state index in [2.05, 4.69) is 35.9 Å². The summed E-state index contributed by atoms with van der Waals surface area (Å²) >= 11 is 0. The molecule has 0 saturated carbocycles. The summed E-state index contributed by atoms with van der Waals surface area (Å²) in [6, 6.07) is 0. The molecule has 1 aliphatic rings. The quantitative estimate of drug-likeness (QED) is 0.619. The van der Waals surface area contributed by atoms with Crippen molar-refractivity contribution in [3.63, 3.8) is 0 Å². The summed E-state index contributed by atoms with van der Waals surface area (Å²) in [6.07, 6.45) is -0.0416. The van der Waals surface area contributed by atoms with Gasteiger partial charge in [0.05, 0.1) is 18.8 Å². The van der Waals surface area contributed by atoms with E-state index in [9.17, 15) is 5.11 Å². The van der Waals surface area contributed by atoms with Crippen molar-refractivity contribution >= 4 is 0 Å². The SMILES string of the molecule is CCN(CC)CC(O)CNCC1CN(CC)CCO1. The maximum atomic E-state index is 9.95. The highest BCUT2D eigenvalue weighted by Gasteiger charge is 2.19. The van der Waals surface area contributed by atoms with Crippen LogP contribution in [0, 0.1) is 0 Å². The fraction of sp³-hybridized carbons (Fsp3) is 1.00. The fourth-order valence-corrected chi connectivity index (χ4v) is 2.45. The predicted octanol–water partition coefficient (Wildman–Crippen LogP) is -0.000600. The lowest BCUT2D eigenvalue weighted by molar-refractivity contribution is -0.0264. The molecule has 1 aliphatic heterocycles. The van der Waals surface area contributed by atoms with Crippen LogP contribution < -0.4 is 5.32 Å². The summed E-state index contributed by atoms with van der Waals surface area (Å²) in [5, 5.41) is 13.3. The summed E-state index contributed by atoms with van der Waals surface area (Å²) in [5.74, 6) is 0. The Bertz CT molecular complexity index is 225. The predicted molar refractivity (Wildman–Crippen MR) is 78.5 cm³/mol. The van der Waals surface area contributed by atoms with E-state index in [0.29, 0.717) is 6.54 Å². The van der Waals surface area contributed by atoms with Crippen LogP contribution in [-0.4, -0.2) is 86.1 Å². The van der Waals surface area contributed by atoms with Crippen molar-refractivity contribution in [3.8, 4) is 0 Å². The number of ether oxygens (including phenoxy) is 1. The number of nitrogens with zero attached hydrogens (tertiary/aromatic N) is 2. The molecular weight excluding hydrogens is 242 g/mol. The molecule has 1 heterocycles. The molecule has 0 bridgehead atoms. The van der Waals surface area contributed by atoms with E-state index in [0.717, 1.165) is 52.4 Å².